The van der Waals surface area contributed by atoms with E-state index in [0.29, 0.717) is 6.42 Å². The minimum atomic E-state index is -1.32. The first-order valence-corrected chi connectivity index (χ1v) is 3.85. The Bertz CT molecular complexity index is 296. The van der Waals surface area contributed by atoms with Crippen molar-refractivity contribution in [3.63, 3.8) is 0 Å². The topological polar surface area (TPSA) is 91.8 Å². The summed E-state index contributed by atoms with van der Waals surface area (Å²) >= 11 is 0. The van der Waals surface area contributed by atoms with Crippen LogP contribution >= 0.6 is 0 Å². The van der Waals surface area contributed by atoms with E-state index in [4.69, 9.17) is 11.3 Å². The molecular formula is C8H13FN4O. The van der Waals surface area contributed by atoms with Crippen LogP contribution in [0.5, 0.6) is 0 Å². The molecule has 6 heteroatoms. The van der Waals surface area contributed by atoms with Gasteiger partial charge in [-0.3, -0.25) is 4.79 Å². The molecule has 1 amide bonds. The molecule has 0 radical (unpaired) electrons. The smallest absolute Gasteiger partial charge is 0.247 e. The van der Waals surface area contributed by atoms with Gasteiger partial charge >= 0.3 is 0 Å². The van der Waals surface area contributed by atoms with Crippen molar-refractivity contribution in [2.45, 2.75) is 32.5 Å². The zero-order valence-corrected chi connectivity index (χ0v) is 6.85. The molecule has 2 unspecified atom stereocenters. The van der Waals surface area contributed by atoms with Crippen LogP contribution in [0, 0.1) is 0 Å². The molecule has 0 fully saturated rings. The minimum Gasteiger partial charge on any atom is -0.366 e. The van der Waals surface area contributed by atoms with E-state index in [1.165, 1.54) is 6.08 Å². The molecule has 1 aliphatic rings. The molecule has 0 bridgehead atoms. The van der Waals surface area contributed by atoms with Crippen LogP contribution in [0.15, 0.2) is 16.8 Å². The summed E-state index contributed by atoms with van der Waals surface area (Å²) < 4.78 is 13.0. The van der Waals surface area contributed by atoms with Gasteiger partial charge in [-0.1, -0.05) is 18.6 Å². The van der Waals surface area contributed by atoms with Crippen LogP contribution in [0.2, 0.25) is 0 Å². The van der Waals surface area contributed by atoms with E-state index in [2.05, 4.69) is 10.0 Å². The lowest BCUT2D eigenvalue weighted by molar-refractivity contribution is -0.115. The van der Waals surface area contributed by atoms with Gasteiger partial charge in [0.1, 0.15) is 6.17 Å². The van der Waals surface area contributed by atoms with Crippen molar-refractivity contribution in [3.8, 4) is 0 Å². The molecule has 1 rings (SSSR count). The summed E-state index contributed by atoms with van der Waals surface area (Å²) in [5.74, 6) is -0.787. The number of nitrogens with zero attached hydrogens (tertiary/aromatic N) is 3. The van der Waals surface area contributed by atoms with Crippen LogP contribution in [0.3, 0.4) is 0 Å². The number of hydrogen-bond donors (Lipinski definition) is 1. The lowest BCUT2D eigenvalue weighted by atomic mass is 9.94. The Morgan fingerprint density at radius 3 is 2.86 bits per heavy atom. The van der Waals surface area contributed by atoms with Crippen LogP contribution in [0.1, 0.15) is 20.3 Å². The van der Waals surface area contributed by atoms with Crippen LogP contribution in [0.4, 0.5) is 4.39 Å². The average molecular weight is 200 g/mol. The summed E-state index contributed by atoms with van der Waals surface area (Å²) in [6.45, 7) is 0. The summed E-state index contributed by atoms with van der Waals surface area (Å²) in [5.41, 5.74) is 13.0. The normalized spacial score (nSPS) is 25.4. The molecule has 0 aromatic heterocycles. The number of nitrogens with two attached hydrogens (primary N) is 1. The zero-order valence-electron chi connectivity index (χ0n) is 6.85. The molecule has 1 aliphatic carbocycles. The molecule has 0 aliphatic heterocycles. The molecule has 0 aromatic carbocycles. The summed E-state index contributed by atoms with van der Waals surface area (Å²) in [4.78, 5) is 13.3. The Morgan fingerprint density at radius 1 is 1.71 bits per heavy atom. The maximum absolute atomic E-state index is 13.0. The van der Waals surface area contributed by atoms with E-state index >= 15 is 0 Å². The maximum atomic E-state index is 13.0. The molecule has 5 nitrogen and oxygen atoms in total. The van der Waals surface area contributed by atoms with E-state index in [9.17, 15) is 9.18 Å². The lowest BCUT2D eigenvalue weighted by Crippen LogP contribution is -2.27. The quantitative estimate of drug-likeness (QED) is 0.411. The summed E-state index contributed by atoms with van der Waals surface area (Å²) in [5, 5.41) is 3.38. The molecule has 0 aromatic rings. The van der Waals surface area contributed by atoms with Crippen molar-refractivity contribution in [1.82, 2.24) is 0 Å². The highest BCUT2D eigenvalue weighted by Gasteiger charge is 2.25. The summed E-state index contributed by atoms with van der Waals surface area (Å²) in [6.07, 6.45) is 0.582. The number of azide groups is 1. The Balaban J connectivity index is 0.00000169. The maximum Gasteiger partial charge on any atom is 0.247 e. The van der Waals surface area contributed by atoms with Crippen molar-refractivity contribution >= 4 is 5.91 Å². The Labute approximate surface area is 81.4 Å². The summed E-state index contributed by atoms with van der Waals surface area (Å²) in [7, 11) is 0. The fourth-order valence-corrected chi connectivity index (χ4v) is 1.26. The van der Waals surface area contributed by atoms with Crippen LogP contribution < -0.4 is 5.73 Å². The number of carbonyl (C=O) groups excluding carboxylic acids is 1. The fraction of sp³-hybridized carbons (Fsp3) is 0.625. The lowest BCUT2D eigenvalue weighted by Gasteiger charge is -2.18. The van der Waals surface area contributed by atoms with Crippen molar-refractivity contribution in [2.75, 3.05) is 0 Å². The standard InChI is InChI=1S/C7H9FN4O.CH4/c8-6-2-1-4(11-12-10)3-5(6)7(9)13;/h3-4,6H,1-2H2,(H2,9,13);1H4. The van der Waals surface area contributed by atoms with Crippen LogP contribution in [-0.2, 0) is 4.79 Å². The molecule has 0 saturated carbocycles. The van der Waals surface area contributed by atoms with E-state index in [0.717, 1.165) is 0 Å². The third kappa shape index (κ3) is 2.74. The molecule has 2 atom stereocenters. The van der Waals surface area contributed by atoms with E-state index < -0.39 is 18.1 Å². The van der Waals surface area contributed by atoms with Gasteiger partial charge in [0.2, 0.25) is 5.91 Å². The highest BCUT2D eigenvalue weighted by atomic mass is 19.1. The molecule has 0 spiro atoms. The highest BCUT2D eigenvalue weighted by molar-refractivity contribution is 5.93. The van der Waals surface area contributed by atoms with Crippen LogP contribution in [0.25, 0.3) is 10.4 Å². The monoisotopic (exact) mass is 200 g/mol. The van der Waals surface area contributed by atoms with Crippen molar-refractivity contribution < 1.29 is 9.18 Å². The van der Waals surface area contributed by atoms with E-state index in [1.54, 1.807) is 0 Å². The van der Waals surface area contributed by atoms with Gasteiger partial charge in [0.05, 0.1) is 6.04 Å². The molecular weight excluding hydrogens is 187 g/mol. The number of alkyl halides is 1. The molecule has 14 heavy (non-hydrogen) atoms. The molecule has 78 valence electrons. The molecule has 0 heterocycles. The van der Waals surface area contributed by atoms with Gasteiger partial charge in [-0.05, 0) is 18.4 Å². The zero-order chi connectivity index (χ0) is 9.84. The van der Waals surface area contributed by atoms with Gasteiger partial charge in [-0.25, -0.2) is 4.39 Å². The second-order valence-corrected chi connectivity index (χ2v) is 2.80. The third-order valence-corrected chi connectivity index (χ3v) is 1.91. The molecule has 2 N–H and O–H groups in total. The van der Waals surface area contributed by atoms with Gasteiger partial charge < -0.3 is 5.73 Å². The largest absolute Gasteiger partial charge is 0.366 e. The molecule has 0 saturated heterocycles. The summed E-state index contributed by atoms with van der Waals surface area (Å²) in [6, 6.07) is -0.445. The number of halogens is 1. The highest BCUT2D eigenvalue weighted by Crippen LogP contribution is 2.23. The Kier molecular flexibility index (Phi) is 4.66. The number of hydrogen-bond acceptors (Lipinski definition) is 2. The van der Waals surface area contributed by atoms with E-state index in [-0.39, 0.29) is 19.4 Å². The SMILES string of the molecule is C.[N-]=[N+]=NC1C=C(C(N)=O)C(F)CC1. The van der Waals surface area contributed by atoms with Gasteiger partial charge in [-0.2, -0.15) is 0 Å². The fourth-order valence-electron chi connectivity index (χ4n) is 1.26. The van der Waals surface area contributed by atoms with Gasteiger partial charge in [0.15, 0.2) is 0 Å². The van der Waals surface area contributed by atoms with Gasteiger partial charge in [0.25, 0.3) is 0 Å². The van der Waals surface area contributed by atoms with Gasteiger partial charge in [-0.15, -0.1) is 0 Å². The first-order chi connectivity index (χ1) is 6.15. The Hall–Kier alpha value is -1.55. The first-order valence-electron chi connectivity index (χ1n) is 3.85. The van der Waals surface area contributed by atoms with Gasteiger partial charge in [0, 0.05) is 10.5 Å². The third-order valence-electron chi connectivity index (χ3n) is 1.91. The predicted molar refractivity (Wildman–Crippen MR) is 51.1 cm³/mol. The number of primary amides is 1. The second kappa shape index (κ2) is 5.24. The van der Waals surface area contributed by atoms with E-state index in [1.807, 2.05) is 0 Å². The van der Waals surface area contributed by atoms with Crippen LogP contribution in [-0.4, -0.2) is 18.1 Å². The minimum absolute atomic E-state index is 0. The second-order valence-electron chi connectivity index (χ2n) is 2.80. The number of rotatable bonds is 2. The van der Waals surface area contributed by atoms with Crippen molar-refractivity contribution in [1.29, 1.82) is 0 Å². The first kappa shape index (κ1) is 12.4. The average Bonchev–Trinajstić information content (AvgIpc) is 2.08. The predicted octanol–water partition coefficient (Wildman–Crippen LogP) is 1.84. The number of amides is 1. The van der Waals surface area contributed by atoms with Crippen molar-refractivity contribution in [2.24, 2.45) is 10.8 Å². The Morgan fingerprint density at radius 2 is 2.36 bits per heavy atom. The van der Waals surface area contributed by atoms with Crippen molar-refractivity contribution in [3.05, 3.63) is 22.1 Å². The number of carbonyl (C=O) groups is 1.